The van der Waals surface area contributed by atoms with Crippen LogP contribution in [0.25, 0.3) is 0 Å². The van der Waals surface area contributed by atoms with Crippen LogP contribution in [0.2, 0.25) is 0 Å². The minimum Gasteiger partial charge on any atom is -0.475 e. The number of amides is 3. The molecule has 114 valence electrons. The van der Waals surface area contributed by atoms with E-state index in [2.05, 4.69) is 11.3 Å². The van der Waals surface area contributed by atoms with Crippen molar-refractivity contribution in [3.63, 3.8) is 0 Å². The van der Waals surface area contributed by atoms with Gasteiger partial charge in [0.1, 0.15) is 0 Å². The van der Waals surface area contributed by atoms with E-state index in [1.807, 2.05) is 0 Å². The number of aliphatic carboxylic acids is 1. The van der Waals surface area contributed by atoms with Gasteiger partial charge in [0.15, 0.2) is 0 Å². The van der Waals surface area contributed by atoms with E-state index in [1.165, 1.54) is 0 Å². The Bertz CT molecular complexity index is 394. The maximum Gasteiger partial charge on any atom is 0.490 e. The number of hydrogen-bond donors (Lipinski definition) is 3. The highest BCUT2D eigenvalue weighted by molar-refractivity contribution is 6.02. The molecule has 1 fully saturated rings. The number of nitrogens with one attached hydrogen (secondary N) is 1. The molecule has 0 atom stereocenters. The van der Waals surface area contributed by atoms with Crippen LogP contribution in [0.3, 0.4) is 0 Å². The van der Waals surface area contributed by atoms with E-state index < -0.39 is 12.1 Å². The molecule has 11 heteroatoms. The van der Waals surface area contributed by atoms with Crippen molar-refractivity contribution >= 4 is 23.7 Å². The van der Waals surface area contributed by atoms with Crippen molar-refractivity contribution in [1.82, 2.24) is 10.3 Å². The van der Waals surface area contributed by atoms with E-state index in [4.69, 9.17) is 9.90 Å². The first kappa shape index (κ1) is 17.8. The van der Waals surface area contributed by atoms with E-state index in [1.54, 1.807) is 0 Å². The van der Waals surface area contributed by atoms with Gasteiger partial charge in [0.05, 0.1) is 0 Å². The highest BCUT2D eigenvalue weighted by Gasteiger charge is 2.38. The van der Waals surface area contributed by atoms with Crippen molar-refractivity contribution in [2.24, 2.45) is 0 Å². The van der Waals surface area contributed by atoms with Gasteiger partial charge in [0, 0.05) is 25.8 Å². The zero-order valence-corrected chi connectivity index (χ0v) is 10.2. The molecule has 0 spiro atoms. The highest BCUT2D eigenvalue weighted by atomic mass is 19.4. The molecule has 1 heterocycles. The molecule has 0 aromatic carbocycles. The van der Waals surface area contributed by atoms with Gasteiger partial charge in [-0.1, -0.05) is 0 Å². The normalized spacial score (nSPS) is 14.7. The first-order chi connectivity index (χ1) is 9.09. The van der Waals surface area contributed by atoms with Gasteiger partial charge in [-0.05, 0) is 0 Å². The summed E-state index contributed by atoms with van der Waals surface area (Å²) >= 11 is 0. The van der Waals surface area contributed by atoms with Gasteiger partial charge >= 0.3 is 12.1 Å². The third kappa shape index (κ3) is 6.13. The Balaban J connectivity index is 0.000000441. The Morgan fingerprint density at radius 3 is 1.95 bits per heavy atom. The molecule has 0 bridgehead atoms. The fraction of sp³-hybridized carbons (Fsp3) is 0.556. The third-order valence-corrected chi connectivity index (χ3v) is 2.16. The Hall–Kier alpha value is -2.17. The molecule has 1 rings (SSSR count). The lowest BCUT2D eigenvalue weighted by atomic mass is 10.4. The Morgan fingerprint density at radius 2 is 1.65 bits per heavy atom. The molecule has 8 nitrogen and oxygen atoms in total. The average molecular weight is 300 g/mol. The number of rotatable bonds is 3. The van der Waals surface area contributed by atoms with Crippen LogP contribution >= 0.6 is 0 Å². The molecule has 1 aliphatic heterocycles. The molecular weight excluding hydrogens is 287 g/mol. The van der Waals surface area contributed by atoms with Crippen molar-refractivity contribution in [2.45, 2.75) is 25.4 Å². The van der Waals surface area contributed by atoms with E-state index in [9.17, 15) is 27.6 Å². The summed E-state index contributed by atoms with van der Waals surface area (Å²) in [6.07, 6.45) is -4.42. The van der Waals surface area contributed by atoms with Crippen LogP contribution in [-0.2, 0) is 19.2 Å². The summed E-state index contributed by atoms with van der Waals surface area (Å²) in [7, 11) is 0. The zero-order valence-electron chi connectivity index (χ0n) is 10.2. The van der Waals surface area contributed by atoms with Gasteiger partial charge in [-0.15, -0.1) is 0 Å². The third-order valence-electron chi connectivity index (χ3n) is 2.16. The lowest BCUT2D eigenvalue weighted by Crippen LogP contribution is -2.67. The molecule has 0 aromatic heterocycles. The standard InChI is InChI=1S/C7H11N3O3.C2HF3O2/c8-9-5(11)3-4-10-6(12)1-2-7(10)13;3-2(4,5)1(6)7/h1-4,8H2,(H,9,11);(H,6,7)/p+1. The summed E-state index contributed by atoms with van der Waals surface area (Å²) in [5, 5.41) is 7.12. The van der Waals surface area contributed by atoms with Gasteiger partial charge in [-0.25, -0.2) is 10.2 Å². The predicted octanol–water partition coefficient (Wildman–Crippen LogP) is -1.57. The van der Waals surface area contributed by atoms with Gasteiger partial charge in [-0.2, -0.15) is 13.2 Å². The molecule has 20 heavy (non-hydrogen) atoms. The lowest BCUT2D eigenvalue weighted by molar-refractivity contribution is -0.427. The van der Waals surface area contributed by atoms with Gasteiger partial charge in [-0.3, -0.25) is 25.1 Å². The molecule has 0 radical (unpaired) electrons. The van der Waals surface area contributed by atoms with Gasteiger partial charge in [0.25, 0.3) is 5.91 Å². The second kappa shape index (κ2) is 7.43. The van der Waals surface area contributed by atoms with E-state index in [0.29, 0.717) is 0 Å². The number of alkyl halides is 3. The SMILES string of the molecule is O=C(O)C(F)(F)F.[NH3+]NC(=O)CCN1C(=O)CCC1=O. The summed E-state index contributed by atoms with van der Waals surface area (Å²) < 4.78 is 31.7. The second-order valence-electron chi connectivity index (χ2n) is 3.59. The van der Waals surface area contributed by atoms with Crippen LogP contribution in [-0.4, -0.2) is 46.4 Å². The van der Waals surface area contributed by atoms with Gasteiger partial charge < -0.3 is 5.11 Å². The molecule has 1 saturated heterocycles. The minimum absolute atomic E-state index is 0.126. The minimum atomic E-state index is -5.08. The number of quaternary nitrogens is 1. The fourth-order valence-corrected chi connectivity index (χ4v) is 1.17. The van der Waals surface area contributed by atoms with E-state index in [-0.39, 0.29) is 43.5 Å². The summed E-state index contributed by atoms with van der Waals surface area (Å²) in [5.41, 5.74) is 2.18. The number of nitrogens with zero attached hydrogens (tertiary/aromatic N) is 1. The van der Waals surface area contributed by atoms with Crippen molar-refractivity contribution in [3.05, 3.63) is 0 Å². The second-order valence-corrected chi connectivity index (χ2v) is 3.59. The monoisotopic (exact) mass is 300 g/mol. The Kier molecular flexibility index (Phi) is 6.62. The Morgan fingerprint density at radius 1 is 1.25 bits per heavy atom. The van der Waals surface area contributed by atoms with Crippen molar-refractivity contribution in [1.29, 1.82) is 0 Å². The topological polar surface area (TPSA) is 131 Å². The van der Waals surface area contributed by atoms with Crippen LogP contribution in [0.4, 0.5) is 13.2 Å². The number of carboxylic acids is 1. The molecule has 3 amide bonds. The average Bonchev–Trinajstić information content (AvgIpc) is 2.66. The predicted molar refractivity (Wildman–Crippen MR) is 55.3 cm³/mol. The molecular formula is C9H13F3N3O5+. The van der Waals surface area contributed by atoms with Crippen LogP contribution < -0.4 is 11.3 Å². The van der Waals surface area contributed by atoms with Crippen LogP contribution in [0.1, 0.15) is 19.3 Å². The van der Waals surface area contributed by atoms with Crippen molar-refractivity contribution in [3.8, 4) is 0 Å². The molecule has 1 aliphatic rings. The molecule has 0 saturated carbocycles. The highest BCUT2D eigenvalue weighted by Crippen LogP contribution is 2.13. The molecule has 0 aliphatic carbocycles. The number of likely N-dealkylation sites (tertiary alicyclic amines) is 1. The van der Waals surface area contributed by atoms with Crippen LogP contribution in [0.5, 0.6) is 0 Å². The smallest absolute Gasteiger partial charge is 0.475 e. The zero-order chi connectivity index (χ0) is 15.9. The summed E-state index contributed by atoms with van der Waals surface area (Å²) in [6, 6.07) is 0. The maximum absolute atomic E-state index is 11.0. The van der Waals surface area contributed by atoms with Gasteiger partial charge in [0.2, 0.25) is 11.8 Å². The number of halogens is 3. The lowest BCUT2D eigenvalue weighted by Gasteiger charge is -2.11. The van der Waals surface area contributed by atoms with Crippen LogP contribution in [0.15, 0.2) is 0 Å². The number of carbonyl (C=O) groups excluding carboxylic acids is 3. The molecule has 5 N–H and O–H groups in total. The summed E-state index contributed by atoms with van der Waals surface area (Å²) in [4.78, 5) is 42.9. The first-order valence-corrected chi connectivity index (χ1v) is 5.28. The van der Waals surface area contributed by atoms with Crippen LogP contribution in [0, 0.1) is 0 Å². The largest absolute Gasteiger partial charge is 0.490 e. The summed E-state index contributed by atoms with van der Waals surface area (Å²) in [6.45, 7) is 0.166. The van der Waals surface area contributed by atoms with E-state index >= 15 is 0 Å². The Labute approximate surface area is 110 Å². The number of imide groups is 1. The quantitative estimate of drug-likeness (QED) is 0.428. The number of carboxylic acid groups (broad SMARTS) is 1. The molecule has 0 aromatic rings. The van der Waals surface area contributed by atoms with E-state index in [0.717, 1.165) is 4.90 Å². The number of hydrogen-bond acceptors (Lipinski definition) is 4. The number of carbonyl (C=O) groups is 4. The fourth-order valence-electron chi connectivity index (χ4n) is 1.17. The van der Waals surface area contributed by atoms with Crippen molar-refractivity contribution < 1.29 is 43.3 Å². The van der Waals surface area contributed by atoms with Crippen molar-refractivity contribution in [2.75, 3.05) is 6.54 Å². The first-order valence-electron chi connectivity index (χ1n) is 5.28. The maximum atomic E-state index is 11.0. The summed E-state index contributed by atoms with van der Waals surface area (Å²) in [5.74, 6) is -0.232. The molecule has 0 unspecified atom stereocenters.